The Balaban J connectivity index is 1.27. The first-order valence-electron chi connectivity index (χ1n) is 9.70. The molecule has 0 bridgehead atoms. The lowest BCUT2D eigenvalue weighted by Crippen LogP contribution is -2.32. The number of carbonyl (C=O) groups is 1. The summed E-state index contributed by atoms with van der Waals surface area (Å²) in [4.78, 5) is 13.3. The van der Waals surface area contributed by atoms with Crippen molar-refractivity contribution in [2.75, 3.05) is 13.2 Å². The molecule has 1 N–H and O–H groups in total. The molecule has 0 spiro atoms. The van der Waals surface area contributed by atoms with Crippen molar-refractivity contribution in [1.29, 1.82) is 0 Å². The Morgan fingerprint density at radius 3 is 3.00 bits per heavy atom. The largest absolute Gasteiger partial charge is 0.483 e. The molecule has 0 unspecified atom stereocenters. The zero-order valence-corrected chi connectivity index (χ0v) is 17.7. The number of benzene rings is 1. The summed E-state index contributed by atoms with van der Waals surface area (Å²) in [5.74, 6) is 1.20. The number of nitrogens with one attached hydrogen (secondary N) is 1. The van der Waals surface area contributed by atoms with Gasteiger partial charge in [0.05, 0.1) is 11.4 Å². The van der Waals surface area contributed by atoms with Gasteiger partial charge in [-0.2, -0.15) is 5.10 Å². The molecule has 4 rings (SSSR count). The zero-order valence-electron chi connectivity index (χ0n) is 16.9. The number of nitrogens with zero attached hydrogens (tertiary/aromatic N) is 2. The third-order valence-corrected chi connectivity index (χ3v) is 5.71. The van der Waals surface area contributed by atoms with Crippen LogP contribution in [0.15, 0.2) is 41.8 Å². The van der Waals surface area contributed by atoms with Gasteiger partial charge in [0.2, 0.25) is 0 Å². The molecule has 3 heterocycles. The Labute approximate surface area is 174 Å². The quantitative estimate of drug-likeness (QED) is 0.642. The van der Waals surface area contributed by atoms with Crippen molar-refractivity contribution < 1.29 is 14.3 Å². The average Bonchev–Trinajstić information content (AvgIpc) is 3.38. The van der Waals surface area contributed by atoms with E-state index in [4.69, 9.17) is 9.47 Å². The fraction of sp³-hybridized carbons (Fsp3) is 0.364. The minimum absolute atomic E-state index is 0.0429. The minimum atomic E-state index is -0.242. The average molecular weight is 412 g/mol. The second-order valence-electron chi connectivity index (χ2n) is 7.79. The van der Waals surface area contributed by atoms with E-state index in [1.54, 1.807) is 11.3 Å². The highest BCUT2D eigenvalue weighted by atomic mass is 32.1. The summed E-state index contributed by atoms with van der Waals surface area (Å²) < 4.78 is 13.6. The van der Waals surface area contributed by atoms with Crippen molar-refractivity contribution in [3.05, 3.63) is 53.0 Å². The highest BCUT2D eigenvalue weighted by Crippen LogP contribution is 2.41. The minimum Gasteiger partial charge on any atom is -0.483 e. The maximum Gasteiger partial charge on any atom is 0.258 e. The Bertz CT molecular complexity index is 1010. The van der Waals surface area contributed by atoms with E-state index in [0.29, 0.717) is 18.8 Å². The molecule has 0 fully saturated rings. The van der Waals surface area contributed by atoms with Crippen LogP contribution in [-0.2, 0) is 17.8 Å². The fourth-order valence-corrected chi connectivity index (χ4v) is 4.16. The van der Waals surface area contributed by atoms with E-state index in [9.17, 15) is 4.79 Å². The number of hydrogen-bond donors (Lipinski definition) is 1. The second-order valence-corrected chi connectivity index (χ2v) is 8.74. The highest BCUT2D eigenvalue weighted by molar-refractivity contribution is 7.13. The van der Waals surface area contributed by atoms with Gasteiger partial charge in [-0.05, 0) is 44.4 Å². The number of aryl methyl sites for hydroxylation is 1. The summed E-state index contributed by atoms with van der Waals surface area (Å²) in [5.41, 5.74) is 2.91. The Hall–Kier alpha value is -2.80. The molecule has 1 aromatic carbocycles. The van der Waals surface area contributed by atoms with Gasteiger partial charge in [0, 0.05) is 24.2 Å². The molecule has 0 radical (unpaired) electrons. The van der Waals surface area contributed by atoms with Crippen molar-refractivity contribution in [3.8, 4) is 22.1 Å². The molecule has 1 amide bonds. The van der Waals surface area contributed by atoms with E-state index in [-0.39, 0.29) is 18.1 Å². The van der Waals surface area contributed by atoms with Crippen molar-refractivity contribution in [2.24, 2.45) is 0 Å². The third-order valence-electron chi connectivity index (χ3n) is 4.81. The molecule has 0 saturated heterocycles. The molecule has 0 atom stereocenters. The van der Waals surface area contributed by atoms with E-state index in [1.165, 1.54) is 0 Å². The molecule has 152 valence electrons. The van der Waals surface area contributed by atoms with Gasteiger partial charge in [0.25, 0.3) is 5.91 Å². The molecule has 0 aliphatic carbocycles. The van der Waals surface area contributed by atoms with Crippen LogP contribution in [0.4, 0.5) is 0 Å². The first-order chi connectivity index (χ1) is 13.9. The third kappa shape index (κ3) is 4.45. The molecule has 3 aromatic rings. The summed E-state index contributed by atoms with van der Waals surface area (Å²) >= 11 is 1.67. The van der Waals surface area contributed by atoms with Crippen LogP contribution in [0, 0.1) is 6.92 Å². The predicted octanol–water partition coefficient (Wildman–Crippen LogP) is 3.83. The Kier molecular flexibility index (Phi) is 5.32. The van der Waals surface area contributed by atoms with Gasteiger partial charge in [-0.15, -0.1) is 11.3 Å². The molecule has 1 aliphatic heterocycles. The summed E-state index contributed by atoms with van der Waals surface area (Å²) in [7, 11) is 0. The molecular weight excluding hydrogens is 386 g/mol. The van der Waals surface area contributed by atoms with Crippen LogP contribution < -0.4 is 14.8 Å². The zero-order chi connectivity index (χ0) is 20.4. The smallest absolute Gasteiger partial charge is 0.258 e. The van der Waals surface area contributed by atoms with Crippen molar-refractivity contribution in [1.82, 2.24) is 15.1 Å². The fourth-order valence-electron chi connectivity index (χ4n) is 3.48. The number of amides is 1. The SMILES string of the molecule is Cc1cc(-c2cccs2)nn1CCNC(=O)COc1cccc2c1OC(C)(C)C2. The van der Waals surface area contributed by atoms with Crippen LogP contribution in [0.25, 0.3) is 10.6 Å². The van der Waals surface area contributed by atoms with Gasteiger partial charge in [0.15, 0.2) is 18.1 Å². The first-order valence-corrected chi connectivity index (χ1v) is 10.6. The van der Waals surface area contributed by atoms with Crippen LogP contribution in [0.2, 0.25) is 0 Å². The van der Waals surface area contributed by atoms with Gasteiger partial charge in [-0.3, -0.25) is 9.48 Å². The summed E-state index contributed by atoms with van der Waals surface area (Å²) in [5, 5.41) is 9.56. The number of fused-ring (bicyclic) bond motifs is 1. The van der Waals surface area contributed by atoms with Gasteiger partial charge in [0.1, 0.15) is 11.3 Å². The number of para-hydroxylation sites is 1. The maximum absolute atomic E-state index is 12.2. The number of hydrogen-bond acceptors (Lipinski definition) is 5. The van der Waals surface area contributed by atoms with Crippen molar-refractivity contribution in [3.63, 3.8) is 0 Å². The van der Waals surface area contributed by atoms with Crippen LogP contribution in [-0.4, -0.2) is 34.4 Å². The van der Waals surface area contributed by atoms with Crippen LogP contribution in [0.1, 0.15) is 25.1 Å². The van der Waals surface area contributed by atoms with E-state index in [0.717, 1.165) is 34.0 Å². The normalized spacial score (nSPS) is 14.3. The second kappa shape index (κ2) is 7.91. The molecule has 29 heavy (non-hydrogen) atoms. The van der Waals surface area contributed by atoms with E-state index < -0.39 is 0 Å². The Morgan fingerprint density at radius 2 is 2.21 bits per heavy atom. The standard InChI is InChI=1S/C22H25N3O3S/c1-15-12-17(19-8-5-11-29-19)24-25(15)10-9-23-20(26)14-27-18-7-4-6-16-13-22(2,3)28-21(16)18/h4-8,11-12H,9-10,13-14H2,1-3H3,(H,23,26). The number of aromatic nitrogens is 2. The number of carbonyl (C=O) groups excluding carboxylic acids is 1. The van der Waals surface area contributed by atoms with E-state index in [1.807, 2.05) is 55.1 Å². The molecule has 2 aromatic heterocycles. The van der Waals surface area contributed by atoms with Gasteiger partial charge in [-0.1, -0.05) is 18.2 Å². The molecule has 7 heteroatoms. The summed E-state index contributed by atoms with van der Waals surface area (Å²) in [6, 6.07) is 11.9. The van der Waals surface area contributed by atoms with Gasteiger partial charge in [-0.25, -0.2) is 0 Å². The lowest BCUT2D eigenvalue weighted by Gasteiger charge is -2.18. The number of thiophene rings is 1. The summed E-state index contributed by atoms with van der Waals surface area (Å²) in [6.45, 7) is 7.17. The van der Waals surface area contributed by atoms with Gasteiger partial charge >= 0.3 is 0 Å². The van der Waals surface area contributed by atoms with Gasteiger partial charge < -0.3 is 14.8 Å². The number of rotatable bonds is 7. The first kappa shape index (κ1) is 19.5. The molecule has 6 nitrogen and oxygen atoms in total. The lowest BCUT2D eigenvalue weighted by molar-refractivity contribution is -0.123. The maximum atomic E-state index is 12.2. The molecule has 0 saturated carbocycles. The molecular formula is C22H25N3O3S. The van der Waals surface area contributed by atoms with E-state index in [2.05, 4.69) is 22.5 Å². The summed E-state index contributed by atoms with van der Waals surface area (Å²) in [6.07, 6.45) is 0.836. The number of ether oxygens (including phenoxy) is 2. The van der Waals surface area contributed by atoms with E-state index >= 15 is 0 Å². The monoisotopic (exact) mass is 411 g/mol. The van der Waals surface area contributed by atoms with Crippen LogP contribution >= 0.6 is 11.3 Å². The van der Waals surface area contributed by atoms with Crippen LogP contribution in [0.3, 0.4) is 0 Å². The van der Waals surface area contributed by atoms with Crippen molar-refractivity contribution in [2.45, 2.75) is 39.3 Å². The highest BCUT2D eigenvalue weighted by Gasteiger charge is 2.32. The predicted molar refractivity (Wildman–Crippen MR) is 114 cm³/mol. The Morgan fingerprint density at radius 1 is 1.34 bits per heavy atom. The topological polar surface area (TPSA) is 65.4 Å². The van der Waals surface area contributed by atoms with Crippen LogP contribution in [0.5, 0.6) is 11.5 Å². The lowest BCUT2D eigenvalue weighted by atomic mass is 10.0. The molecule has 1 aliphatic rings. The van der Waals surface area contributed by atoms with Crippen molar-refractivity contribution >= 4 is 17.2 Å².